The van der Waals surface area contributed by atoms with Crippen LogP contribution < -0.4 is 0 Å². The maximum absolute atomic E-state index is 12.0. The van der Waals surface area contributed by atoms with Crippen molar-refractivity contribution >= 4 is 11.9 Å². The standard InChI is InChI=1S/C67H129NO5/c1-63(2)68(64(3)4)62-56-55-61-67(73,59-53-49-45-41-37-33-29-25-21-17-13-9-5-7-11-15-19-23-27-31-35-39-43-47-51-57-65(69)70)60-54-50-46-42-38-34-30-26-22-18-14-10-6-8-12-16-20-24-28-32-36-40-44-48-52-58-66(71)72/h23-24,27-28,63-64,73H,5-22,25-26,29-62H2,1-4H3,(H,69,70)(H,71,72)/b27-23-,28-24-. The summed E-state index contributed by atoms with van der Waals surface area (Å²) in [7, 11) is 0. The van der Waals surface area contributed by atoms with Crippen LogP contribution in [0.5, 0.6) is 0 Å². The minimum Gasteiger partial charge on any atom is -0.481 e. The minimum absolute atomic E-state index is 0.323. The SMILES string of the molecule is CC(C)N(CCCCC(O)(CCCCCCCCCCCCCCCCCC/C=C\CCCCCCCC(=O)O)CCCCCCCCCCCCCCCCCC/C=C\CCCCCCCC(=O)O)C(C)C. The molecule has 0 aliphatic heterocycles. The van der Waals surface area contributed by atoms with E-state index < -0.39 is 17.5 Å². The smallest absolute Gasteiger partial charge is 0.303 e. The normalized spacial score (nSPS) is 12.3. The van der Waals surface area contributed by atoms with Crippen molar-refractivity contribution in [3.05, 3.63) is 24.3 Å². The molecule has 0 bridgehead atoms. The van der Waals surface area contributed by atoms with Crippen molar-refractivity contribution in [3.8, 4) is 0 Å². The molecule has 0 rings (SSSR count). The third-order valence-corrected chi connectivity index (χ3v) is 16.0. The van der Waals surface area contributed by atoms with Crippen molar-refractivity contribution < 1.29 is 24.9 Å². The highest BCUT2D eigenvalue weighted by molar-refractivity contribution is 5.66. The third kappa shape index (κ3) is 56.4. The Balaban J connectivity index is 3.90. The molecule has 0 amide bonds. The van der Waals surface area contributed by atoms with Gasteiger partial charge in [0.25, 0.3) is 0 Å². The van der Waals surface area contributed by atoms with Gasteiger partial charge in [0.05, 0.1) is 5.60 Å². The molecule has 0 aromatic heterocycles. The number of unbranched alkanes of at least 4 members (excludes halogenated alkanes) is 43. The van der Waals surface area contributed by atoms with Gasteiger partial charge in [-0.1, -0.05) is 255 Å². The molecule has 0 unspecified atom stereocenters. The maximum Gasteiger partial charge on any atom is 0.303 e. The summed E-state index contributed by atoms with van der Waals surface area (Å²) in [5.74, 6) is -1.33. The van der Waals surface area contributed by atoms with Crippen LogP contribution in [0, 0.1) is 0 Å². The molecule has 432 valence electrons. The number of allylic oxidation sites excluding steroid dienone is 4. The second kappa shape index (κ2) is 56.5. The molecule has 0 radical (unpaired) electrons. The van der Waals surface area contributed by atoms with E-state index in [2.05, 4.69) is 56.9 Å². The highest BCUT2D eigenvalue weighted by atomic mass is 16.4. The van der Waals surface area contributed by atoms with E-state index in [1.54, 1.807) is 0 Å². The Bertz CT molecular complexity index is 1110. The zero-order valence-corrected chi connectivity index (χ0v) is 49.8. The first-order chi connectivity index (χ1) is 35.6. The van der Waals surface area contributed by atoms with Gasteiger partial charge in [0.15, 0.2) is 0 Å². The van der Waals surface area contributed by atoms with E-state index in [0.717, 1.165) is 57.9 Å². The van der Waals surface area contributed by atoms with Crippen molar-refractivity contribution in [2.75, 3.05) is 6.54 Å². The van der Waals surface area contributed by atoms with Gasteiger partial charge in [-0.2, -0.15) is 0 Å². The third-order valence-electron chi connectivity index (χ3n) is 16.0. The van der Waals surface area contributed by atoms with Gasteiger partial charge in [-0.3, -0.25) is 14.5 Å². The Hall–Kier alpha value is -1.66. The van der Waals surface area contributed by atoms with Gasteiger partial charge >= 0.3 is 11.9 Å². The first-order valence-corrected chi connectivity index (χ1v) is 32.8. The average Bonchev–Trinajstić information content (AvgIpc) is 3.35. The van der Waals surface area contributed by atoms with Crippen LogP contribution in [0.3, 0.4) is 0 Å². The highest BCUT2D eigenvalue weighted by Crippen LogP contribution is 2.29. The fourth-order valence-corrected chi connectivity index (χ4v) is 11.2. The van der Waals surface area contributed by atoms with Gasteiger partial charge in [-0.05, 0) is 131 Å². The predicted octanol–water partition coefficient (Wildman–Crippen LogP) is 21.8. The Kier molecular flexibility index (Phi) is 55.3. The van der Waals surface area contributed by atoms with Gasteiger partial charge in [0.2, 0.25) is 0 Å². The molecule has 0 fully saturated rings. The van der Waals surface area contributed by atoms with Gasteiger partial charge in [-0.15, -0.1) is 0 Å². The molecule has 6 nitrogen and oxygen atoms in total. The number of nitrogens with zero attached hydrogens (tertiary/aromatic N) is 1. The second-order valence-electron chi connectivity index (χ2n) is 23.8. The fraction of sp³-hybridized carbons (Fsp3) is 0.910. The molecule has 0 saturated carbocycles. The van der Waals surface area contributed by atoms with Crippen molar-refractivity contribution in [2.45, 2.75) is 386 Å². The van der Waals surface area contributed by atoms with E-state index in [1.165, 1.54) is 276 Å². The zero-order chi connectivity index (χ0) is 53.4. The van der Waals surface area contributed by atoms with E-state index in [0.29, 0.717) is 24.9 Å². The Morgan fingerprint density at radius 1 is 0.315 bits per heavy atom. The molecule has 0 spiro atoms. The number of hydrogen-bond acceptors (Lipinski definition) is 4. The molecular weight excluding hydrogens is 899 g/mol. The summed E-state index contributed by atoms with van der Waals surface area (Å²) in [5.41, 5.74) is -0.459. The monoisotopic (exact) mass is 1030 g/mol. The minimum atomic E-state index is -0.665. The van der Waals surface area contributed by atoms with Crippen molar-refractivity contribution in [1.82, 2.24) is 4.90 Å². The van der Waals surface area contributed by atoms with E-state index in [9.17, 15) is 14.7 Å². The van der Waals surface area contributed by atoms with E-state index >= 15 is 0 Å². The van der Waals surface area contributed by atoms with Crippen molar-refractivity contribution in [1.29, 1.82) is 0 Å². The lowest BCUT2D eigenvalue weighted by Gasteiger charge is -2.32. The average molecular weight is 1030 g/mol. The molecular formula is C67H129NO5. The lowest BCUT2D eigenvalue weighted by molar-refractivity contribution is -0.138. The van der Waals surface area contributed by atoms with Gasteiger partial charge in [0, 0.05) is 24.9 Å². The van der Waals surface area contributed by atoms with Crippen LogP contribution in [0.4, 0.5) is 0 Å². The molecule has 0 atom stereocenters. The number of carboxylic acid groups (broad SMARTS) is 2. The predicted molar refractivity (Wildman–Crippen MR) is 320 cm³/mol. The zero-order valence-electron chi connectivity index (χ0n) is 49.8. The topological polar surface area (TPSA) is 98.1 Å². The summed E-state index contributed by atoms with van der Waals surface area (Å²) in [6.45, 7) is 10.4. The van der Waals surface area contributed by atoms with Crippen LogP contribution in [-0.4, -0.2) is 56.4 Å². The molecule has 73 heavy (non-hydrogen) atoms. The van der Waals surface area contributed by atoms with Crippen LogP contribution in [0.1, 0.15) is 368 Å². The van der Waals surface area contributed by atoms with E-state index in [1.807, 2.05) is 0 Å². The first-order valence-electron chi connectivity index (χ1n) is 32.8. The maximum atomic E-state index is 12.0. The lowest BCUT2D eigenvalue weighted by Crippen LogP contribution is -2.38. The fourth-order valence-electron chi connectivity index (χ4n) is 11.2. The molecule has 0 aliphatic rings. The molecule has 0 saturated heterocycles. The molecule has 3 N–H and O–H groups in total. The van der Waals surface area contributed by atoms with Crippen LogP contribution >= 0.6 is 0 Å². The molecule has 0 aromatic carbocycles. The quantitative estimate of drug-likeness (QED) is 0.0415. The number of carbonyl (C=O) groups is 2. The van der Waals surface area contributed by atoms with Crippen LogP contribution in [-0.2, 0) is 9.59 Å². The molecule has 0 heterocycles. The summed E-state index contributed by atoms with van der Waals surface area (Å²) in [4.78, 5) is 23.7. The largest absolute Gasteiger partial charge is 0.481 e. The molecule has 0 aliphatic carbocycles. The van der Waals surface area contributed by atoms with Gasteiger partial charge in [0.1, 0.15) is 0 Å². The van der Waals surface area contributed by atoms with Gasteiger partial charge < -0.3 is 15.3 Å². The number of aliphatic hydroxyl groups is 1. The van der Waals surface area contributed by atoms with Crippen molar-refractivity contribution in [2.24, 2.45) is 0 Å². The second-order valence-corrected chi connectivity index (χ2v) is 23.8. The number of rotatable bonds is 61. The first kappa shape index (κ1) is 71.3. The Labute approximate surface area is 456 Å². The molecule has 6 heteroatoms. The summed E-state index contributed by atoms with van der Waals surface area (Å²) >= 11 is 0. The summed E-state index contributed by atoms with van der Waals surface area (Å²) in [6.07, 6.45) is 75.3. The summed E-state index contributed by atoms with van der Waals surface area (Å²) < 4.78 is 0. The highest BCUT2D eigenvalue weighted by Gasteiger charge is 2.25. The van der Waals surface area contributed by atoms with Crippen molar-refractivity contribution in [3.63, 3.8) is 0 Å². The number of carboxylic acids is 2. The van der Waals surface area contributed by atoms with Crippen LogP contribution in [0.2, 0.25) is 0 Å². The van der Waals surface area contributed by atoms with Crippen LogP contribution in [0.25, 0.3) is 0 Å². The Morgan fingerprint density at radius 2 is 0.507 bits per heavy atom. The van der Waals surface area contributed by atoms with Crippen LogP contribution in [0.15, 0.2) is 24.3 Å². The lowest BCUT2D eigenvalue weighted by atomic mass is 9.85. The summed E-state index contributed by atoms with van der Waals surface area (Å²) in [6, 6.07) is 1.17. The number of aliphatic carboxylic acids is 2. The van der Waals surface area contributed by atoms with E-state index in [4.69, 9.17) is 10.2 Å². The summed E-state index contributed by atoms with van der Waals surface area (Å²) in [5, 5.41) is 29.4. The van der Waals surface area contributed by atoms with E-state index in [-0.39, 0.29) is 0 Å². The Morgan fingerprint density at radius 3 is 0.726 bits per heavy atom. The van der Waals surface area contributed by atoms with Gasteiger partial charge in [-0.25, -0.2) is 0 Å². The number of hydrogen-bond donors (Lipinski definition) is 3. The molecule has 0 aromatic rings.